The Kier molecular flexibility index (Phi) is 4.13. The molecule has 15 heavy (non-hydrogen) atoms. The van der Waals surface area contributed by atoms with Crippen molar-refractivity contribution in [2.24, 2.45) is 0 Å². The molecule has 3 nitrogen and oxygen atoms in total. The molecule has 1 aromatic rings. The van der Waals surface area contributed by atoms with Crippen molar-refractivity contribution in [1.29, 1.82) is 0 Å². The molecule has 0 heterocycles. The first-order valence-corrected chi connectivity index (χ1v) is 6.57. The van der Waals surface area contributed by atoms with E-state index in [1.54, 1.807) is 47.1 Å². The molecule has 0 aliphatic heterocycles. The van der Waals surface area contributed by atoms with Crippen molar-refractivity contribution >= 4 is 32.9 Å². The molecular formula is C10H10INO2S. The fourth-order valence-corrected chi connectivity index (χ4v) is 2.81. The first-order valence-electron chi connectivity index (χ1n) is 4.17. The first-order chi connectivity index (χ1) is 6.98. The zero-order valence-electron chi connectivity index (χ0n) is 8.14. The topological polar surface area (TPSA) is 37.4 Å². The summed E-state index contributed by atoms with van der Waals surface area (Å²) in [5, 5.41) is 0. The van der Waals surface area contributed by atoms with Gasteiger partial charge in [-0.15, -0.1) is 8.94 Å². The number of benzene rings is 1. The van der Waals surface area contributed by atoms with Crippen LogP contribution in [-0.4, -0.2) is 17.5 Å². The fourth-order valence-electron chi connectivity index (χ4n) is 0.981. The van der Waals surface area contributed by atoms with Crippen molar-refractivity contribution in [1.82, 2.24) is 2.52 Å². The van der Waals surface area contributed by atoms with Gasteiger partial charge in [0, 0.05) is 22.9 Å². The molecule has 1 rings (SSSR count). The second-order valence-corrected chi connectivity index (χ2v) is 6.65. The summed E-state index contributed by atoms with van der Waals surface area (Å²) in [6.07, 6.45) is 5.07. The molecule has 0 atom stereocenters. The summed E-state index contributed by atoms with van der Waals surface area (Å²) in [6, 6.07) is 6.67. The molecule has 0 unspecified atom stereocenters. The van der Waals surface area contributed by atoms with Crippen LogP contribution in [0.4, 0.5) is 0 Å². The maximum atomic E-state index is 11.9. The van der Waals surface area contributed by atoms with Crippen LogP contribution in [0.1, 0.15) is 5.56 Å². The van der Waals surface area contributed by atoms with E-state index in [1.807, 2.05) is 6.92 Å². The van der Waals surface area contributed by atoms with E-state index in [1.165, 1.54) is 0 Å². The Morgan fingerprint density at radius 1 is 1.40 bits per heavy atom. The van der Waals surface area contributed by atoms with E-state index in [9.17, 15) is 8.42 Å². The number of terminal acetylenes is 1. The fraction of sp³-hybridized carbons (Fsp3) is 0.200. The van der Waals surface area contributed by atoms with Gasteiger partial charge in [-0.25, -0.2) is 8.42 Å². The van der Waals surface area contributed by atoms with Gasteiger partial charge in [-0.3, -0.25) is 0 Å². The predicted octanol–water partition coefficient (Wildman–Crippen LogP) is 1.97. The summed E-state index contributed by atoms with van der Waals surface area (Å²) in [5.74, 6) is 2.29. The van der Waals surface area contributed by atoms with Crippen molar-refractivity contribution < 1.29 is 8.42 Å². The average molecular weight is 335 g/mol. The monoisotopic (exact) mass is 335 g/mol. The van der Waals surface area contributed by atoms with Crippen LogP contribution in [0.15, 0.2) is 29.2 Å². The van der Waals surface area contributed by atoms with Gasteiger partial charge in [-0.1, -0.05) is 23.6 Å². The summed E-state index contributed by atoms with van der Waals surface area (Å²) in [6.45, 7) is 1.97. The van der Waals surface area contributed by atoms with Gasteiger partial charge in [-0.05, 0) is 19.1 Å². The molecule has 0 radical (unpaired) electrons. The SMILES string of the molecule is C#CCN(I)S(=O)(=O)c1ccc(C)cc1. The summed E-state index contributed by atoms with van der Waals surface area (Å²) >= 11 is 1.70. The highest BCUT2D eigenvalue weighted by Crippen LogP contribution is 2.18. The quantitative estimate of drug-likeness (QED) is 0.481. The van der Waals surface area contributed by atoms with Crippen molar-refractivity contribution in [2.45, 2.75) is 11.8 Å². The van der Waals surface area contributed by atoms with Gasteiger partial charge < -0.3 is 0 Å². The number of hydrogen-bond acceptors (Lipinski definition) is 2. The lowest BCUT2D eigenvalue weighted by atomic mass is 10.2. The average Bonchev–Trinajstić information content (AvgIpc) is 2.18. The van der Waals surface area contributed by atoms with Crippen LogP contribution < -0.4 is 0 Å². The van der Waals surface area contributed by atoms with E-state index in [2.05, 4.69) is 5.92 Å². The summed E-state index contributed by atoms with van der Waals surface area (Å²) in [7, 11) is -3.44. The molecule has 0 spiro atoms. The minimum absolute atomic E-state index is 0.0662. The molecule has 0 N–H and O–H groups in total. The molecule has 0 aliphatic rings. The van der Waals surface area contributed by atoms with E-state index < -0.39 is 10.0 Å². The van der Waals surface area contributed by atoms with Gasteiger partial charge in [-0.2, -0.15) is 0 Å². The minimum Gasteiger partial charge on any atom is -0.206 e. The molecular weight excluding hydrogens is 325 g/mol. The smallest absolute Gasteiger partial charge is 0.206 e. The molecule has 0 bridgehead atoms. The molecule has 0 aromatic heterocycles. The van der Waals surface area contributed by atoms with Crippen molar-refractivity contribution in [3.05, 3.63) is 29.8 Å². The Hall–Kier alpha value is -0.580. The van der Waals surface area contributed by atoms with Crippen LogP contribution in [0, 0.1) is 19.3 Å². The van der Waals surface area contributed by atoms with E-state index in [4.69, 9.17) is 6.42 Å². The van der Waals surface area contributed by atoms with Gasteiger partial charge in [0.15, 0.2) is 0 Å². The van der Waals surface area contributed by atoms with E-state index in [-0.39, 0.29) is 11.4 Å². The molecule has 1 aromatic carbocycles. The number of sulfonamides is 1. The number of aryl methyl sites for hydroxylation is 1. The van der Waals surface area contributed by atoms with E-state index in [0.717, 1.165) is 8.08 Å². The number of nitrogens with zero attached hydrogens (tertiary/aromatic N) is 1. The highest BCUT2D eigenvalue weighted by molar-refractivity contribution is 14.1. The Morgan fingerprint density at radius 2 is 1.93 bits per heavy atom. The lowest BCUT2D eigenvalue weighted by molar-refractivity contribution is 0.565. The van der Waals surface area contributed by atoms with E-state index in [0.29, 0.717) is 0 Å². The van der Waals surface area contributed by atoms with Crippen LogP contribution in [-0.2, 0) is 10.0 Å². The van der Waals surface area contributed by atoms with Gasteiger partial charge >= 0.3 is 0 Å². The normalized spacial score (nSPS) is 11.3. The largest absolute Gasteiger partial charge is 0.252 e. The Bertz CT molecular complexity index is 473. The zero-order valence-corrected chi connectivity index (χ0v) is 11.1. The third-order valence-electron chi connectivity index (χ3n) is 1.80. The lowest BCUT2D eigenvalue weighted by Gasteiger charge is -2.11. The Morgan fingerprint density at radius 3 is 2.40 bits per heavy atom. The van der Waals surface area contributed by atoms with Crippen molar-refractivity contribution in [3.63, 3.8) is 0 Å². The zero-order chi connectivity index (χ0) is 11.5. The third-order valence-corrected chi connectivity index (χ3v) is 5.21. The third kappa shape index (κ3) is 2.93. The second-order valence-electron chi connectivity index (χ2n) is 2.97. The molecule has 80 valence electrons. The summed E-state index contributed by atoms with van der Waals surface area (Å²) < 4.78 is 24.8. The van der Waals surface area contributed by atoms with Crippen molar-refractivity contribution in [3.8, 4) is 12.3 Å². The maximum Gasteiger partial charge on any atom is 0.252 e. The molecule has 0 amide bonds. The highest BCUT2D eigenvalue weighted by atomic mass is 127. The first kappa shape index (κ1) is 12.5. The number of halogens is 1. The van der Waals surface area contributed by atoms with Crippen LogP contribution in [0.2, 0.25) is 0 Å². The van der Waals surface area contributed by atoms with Crippen LogP contribution in [0.25, 0.3) is 0 Å². The molecule has 0 fully saturated rings. The van der Waals surface area contributed by atoms with Crippen molar-refractivity contribution in [2.75, 3.05) is 6.54 Å². The van der Waals surface area contributed by atoms with Crippen LogP contribution >= 0.6 is 22.9 Å². The van der Waals surface area contributed by atoms with E-state index >= 15 is 0 Å². The number of rotatable bonds is 3. The Labute approximate surface area is 104 Å². The predicted molar refractivity (Wildman–Crippen MR) is 67.9 cm³/mol. The summed E-state index contributed by atoms with van der Waals surface area (Å²) in [4.78, 5) is 0.262. The molecule has 0 saturated heterocycles. The molecule has 0 aliphatic carbocycles. The lowest BCUT2D eigenvalue weighted by Crippen LogP contribution is -2.21. The summed E-state index contributed by atoms with van der Waals surface area (Å²) in [5.41, 5.74) is 1.02. The highest BCUT2D eigenvalue weighted by Gasteiger charge is 2.20. The van der Waals surface area contributed by atoms with Gasteiger partial charge in [0.25, 0.3) is 10.0 Å². The van der Waals surface area contributed by atoms with Gasteiger partial charge in [0.1, 0.15) is 0 Å². The van der Waals surface area contributed by atoms with Gasteiger partial charge in [0.2, 0.25) is 0 Å². The van der Waals surface area contributed by atoms with Crippen LogP contribution in [0.5, 0.6) is 0 Å². The molecule has 0 saturated carbocycles. The molecule has 5 heteroatoms. The standard InChI is InChI=1S/C10H10INO2S/c1-3-8-12(11)15(13,14)10-6-4-9(2)5-7-10/h1,4-7H,8H2,2H3. The number of hydrogen-bond donors (Lipinski definition) is 0. The van der Waals surface area contributed by atoms with Crippen LogP contribution in [0.3, 0.4) is 0 Å². The minimum atomic E-state index is -3.44. The second kappa shape index (κ2) is 4.96. The Balaban J connectivity index is 3.07. The maximum absolute atomic E-state index is 11.9. The van der Waals surface area contributed by atoms with Gasteiger partial charge in [0.05, 0.1) is 11.4 Å².